The quantitative estimate of drug-likeness (QED) is 0.654. The van der Waals surface area contributed by atoms with Crippen LogP contribution in [0, 0.1) is 5.92 Å². The van der Waals surface area contributed by atoms with Crippen LogP contribution in [0.15, 0.2) is 24.3 Å². The lowest BCUT2D eigenvalue weighted by Crippen LogP contribution is -2.54. The summed E-state index contributed by atoms with van der Waals surface area (Å²) in [5.41, 5.74) is 1.23. The lowest BCUT2D eigenvalue weighted by molar-refractivity contribution is 0.117. The van der Waals surface area contributed by atoms with Crippen LogP contribution in [0.25, 0.3) is 0 Å². The molecule has 0 amide bonds. The summed E-state index contributed by atoms with van der Waals surface area (Å²) >= 11 is 11.9. The summed E-state index contributed by atoms with van der Waals surface area (Å²) in [6.45, 7) is 3.20. The lowest BCUT2D eigenvalue weighted by Gasteiger charge is -2.46. The molecule has 0 spiro atoms. The number of halogens is 1. The van der Waals surface area contributed by atoms with Crippen molar-refractivity contribution in [1.29, 1.82) is 0 Å². The van der Waals surface area contributed by atoms with Crippen molar-refractivity contribution < 1.29 is 0 Å². The Labute approximate surface area is 163 Å². The van der Waals surface area contributed by atoms with E-state index in [1.165, 1.54) is 63.4 Å². The van der Waals surface area contributed by atoms with Gasteiger partial charge in [0.05, 0.1) is 0 Å². The van der Waals surface area contributed by atoms with Crippen molar-refractivity contribution in [2.45, 2.75) is 83.3 Å². The first kappa shape index (κ1) is 19.0. The van der Waals surface area contributed by atoms with Gasteiger partial charge < -0.3 is 10.2 Å². The second-order valence-electron chi connectivity index (χ2n) is 7.81. The van der Waals surface area contributed by atoms with Gasteiger partial charge in [0.1, 0.15) is 0 Å². The molecular formula is C21H31ClN2S. The predicted octanol–water partition coefficient (Wildman–Crippen LogP) is 5.93. The van der Waals surface area contributed by atoms with Crippen molar-refractivity contribution >= 4 is 28.9 Å². The zero-order valence-electron chi connectivity index (χ0n) is 15.3. The SMILES string of the molecule is CC1CCCCC1N(C(=S)NCc1ccc(Cl)cc1)C1CCCCC1. The first-order valence-electron chi connectivity index (χ1n) is 9.96. The van der Waals surface area contributed by atoms with Crippen molar-refractivity contribution in [2.24, 2.45) is 5.92 Å². The third-order valence-corrected chi connectivity index (χ3v) is 6.59. The fraction of sp³-hybridized carbons (Fsp3) is 0.667. The Balaban J connectivity index is 1.68. The molecule has 0 aromatic heterocycles. The molecule has 0 bridgehead atoms. The summed E-state index contributed by atoms with van der Waals surface area (Å²) in [5, 5.41) is 5.29. The van der Waals surface area contributed by atoms with E-state index in [4.69, 9.17) is 23.8 Å². The molecule has 2 saturated carbocycles. The predicted molar refractivity (Wildman–Crippen MR) is 111 cm³/mol. The molecule has 138 valence electrons. The summed E-state index contributed by atoms with van der Waals surface area (Å²) in [4.78, 5) is 2.61. The maximum atomic E-state index is 5.99. The minimum atomic E-state index is 0.613. The van der Waals surface area contributed by atoms with Crippen LogP contribution in [0.4, 0.5) is 0 Å². The molecule has 2 aliphatic rings. The maximum absolute atomic E-state index is 5.99. The van der Waals surface area contributed by atoms with Crippen molar-refractivity contribution in [3.8, 4) is 0 Å². The standard InChI is InChI=1S/C21H31ClN2S/c1-16-7-5-6-10-20(16)24(19-8-3-2-4-9-19)21(25)23-15-17-11-13-18(22)14-12-17/h11-14,16,19-20H,2-10,15H2,1H3,(H,23,25). The Kier molecular flexibility index (Phi) is 7.00. The summed E-state index contributed by atoms with van der Waals surface area (Å²) in [6.07, 6.45) is 12.0. The summed E-state index contributed by atoms with van der Waals surface area (Å²) in [6, 6.07) is 9.29. The first-order chi connectivity index (χ1) is 12.1. The Morgan fingerprint density at radius 3 is 2.36 bits per heavy atom. The number of hydrogen-bond acceptors (Lipinski definition) is 1. The van der Waals surface area contributed by atoms with Crippen LogP contribution >= 0.6 is 23.8 Å². The molecule has 2 fully saturated rings. The minimum Gasteiger partial charge on any atom is -0.358 e. The van der Waals surface area contributed by atoms with Gasteiger partial charge in [-0.25, -0.2) is 0 Å². The normalized spacial score (nSPS) is 24.7. The number of hydrogen-bond donors (Lipinski definition) is 1. The molecule has 25 heavy (non-hydrogen) atoms. The molecule has 2 nitrogen and oxygen atoms in total. The summed E-state index contributed by atoms with van der Waals surface area (Å²) in [7, 11) is 0. The van der Waals surface area contributed by atoms with E-state index in [0.29, 0.717) is 12.1 Å². The molecule has 0 radical (unpaired) electrons. The van der Waals surface area contributed by atoms with Crippen LogP contribution in [-0.2, 0) is 6.54 Å². The smallest absolute Gasteiger partial charge is 0.169 e. The van der Waals surface area contributed by atoms with Crippen molar-refractivity contribution in [3.05, 3.63) is 34.9 Å². The van der Waals surface area contributed by atoms with Gasteiger partial charge in [0.25, 0.3) is 0 Å². The third-order valence-electron chi connectivity index (χ3n) is 5.98. The molecule has 1 N–H and O–H groups in total. The van der Waals surface area contributed by atoms with Crippen molar-refractivity contribution in [1.82, 2.24) is 10.2 Å². The van der Waals surface area contributed by atoms with E-state index >= 15 is 0 Å². The van der Waals surface area contributed by atoms with Gasteiger partial charge in [-0.3, -0.25) is 0 Å². The van der Waals surface area contributed by atoms with Gasteiger partial charge in [-0.15, -0.1) is 0 Å². The Hall–Kier alpha value is -0.800. The molecule has 2 unspecified atom stereocenters. The molecule has 4 heteroatoms. The molecule has 1 aromatic carbocycles. The maximum Gasteiger partial charge on any atom is 0.169 e. The fourth-order valence-electron chi connectivity index (χ4n) is 4.53. The Morgan fingerprint density at radius 2 is 1.68 bits per heavy atom. The molecule has 2 atom stereocenters. The Morgan fingerprint density at radius 1 is 1.04 bits per heavy atom. The van der Waals surface area contributed by atoms with Crippen LogP contribution in [-0.4, -0.2) is 22.1 Å². The average Bonchev–Trinajstić information content (AvgIpc) is 2.64. The van der Waals surface area contributed by atoms with Gasteiger partial charge in [-0.1, -0.05) is 62.8 Å². The minimum absolute atomic E-state index is 0.613. The second-order valence-corrected chi connectivity index (χ2v) is 8.64. The van der Waals surface area contributed by atoms with Crippen LogP contribution in [0.2, 0.25) is 5.02 Å². The zero-order chi connectivity index (χ0) is 17.6. The number of rotatable bonds is 4. The highest BCUT2D eigenvalue weighted by Crippen LogP contribution is 2.33. The topological polar surface area (TPSA) is 15.3 Å². The van der Waals surface area contributed by atoms with Gasteiger partial charge >= 0.3 is 0 Å². The molecule has 0 heterocycles. The van der Waals surface area contributed by atoms with E-state index in [2.05, 4.69) is 29.3 Å². The second kappa shape index (κ2) is 9.23. The van der Waals surface area contributed by atoms with E-state index in [1.54, 1.807) is 0 Å². The molecule has 0 saturated heterocycles. The van der Waals surface area contributed by atoms with Gasteiger partial charge in [0.15, 0.2) is 5.11 Å². The fourth-order valence-corrected chi connectivity index (χ4v) is 5.01. The van der Waals surface area contributed by atoms with Gasteiger partial charge in [0.2, 0.25) is 0 Å². The van der Waals surface area contributed by atoms with Gasteiger partial charge in [-0.2, -0.15) is 0 Å². The molecule has 1 aromatic rings. The van der Waals surface area contributed by atoms with E-state index in [1.807, 2.05) is 12.1 Å². The van der Waals surface area contributed by atoms with E-state index in [-0.39, 0.29) is 0 Å². The highest BCUT2D eigenvalue weighted by molar-refractivity contribution is 7.80. The highest BCUT2D eigenvalue weighted by atomic mass is 35.5. The molecule has 0 aliphatic heterocycles. The van der Waals surface area contributed by atoms with Gasteiger partial charge in [0, 0.05) is 23.7 Å². The molecule has 2 aliphatic carbocycles. The summed E-state index contributed by atoms with van der Waals surface area (Å²) < 4.78 is 0. The molecule has 3 rings (SSSR count). The lowest BCUT2D eigenvalue weighted by atomic mass is 9.83. The zero-order valence-corrected chi connectivity index (χ0v) is 16.9. The number of thiocarbonyl (C=S) groups is 1. The highest BCUT2D eigenvalue weighted by Gasteiger charge is 2.34. The van der Waals surface area contributed by atoms with Gasteiger partial charge in [-0.05, 0) is 61.5 Å². The van der Waals surface area contributed by atoms with E-state index in [9.17, 15) is 0 Å². The van der Waals surface area contributed by atoms with E-state index in [0.717, 1.165) is 22.6 Å². The van der Waals surface area contributed by atoms with Crippen molar-refractivity contribution in [2.75, 3.05) is 0 Å². The largest absolute Gasteiger partial charge is 0.358 e. The van der Waals surface area contributed by atoms with Crippen LogP contribution < -0.4 is 5.32 Å². The number of nitrogens with one attached hydrogen (secondary N) is 1. The van der Waals surface area contributed by atoms with Crippen LogP contribution in [0.5, 0.6) is 0 Å². The average molecular weight is 379 g/mol. The molecular weight excluding hydrogens is 348 g/mol. The Bertz CT molecular complexity index is 554. The monoisotopic (exact) mass is 378 g/mol. The van der Waals surface area contributed by atoms with Crippen LogP contribution in [0.1, 0.15) is 70.3 Å². The van der Waals surface area contributed by atoms with E-state index < -0.39 is 0 Å². The van der Waals surface area contributed by atoms with Crippen LogP contribution in [0.3, 0.4) is 0 Å². The number of benzene rings is 1. The number of nitrogens with zero attached hydrogens (tertiary/aromatic N) is 1. The third kappa shape index (κ3) is 5.10. The summed E-state index contributed by atoms with van der Waals surface area (Å²) in [5.74, 6) is 0.742. The first-order valence-corrected chi connectivity index (χ1v) is 10.7. The van der Waals surface area contributed by atoms with Crippen molar-refractivity contribution in [3.63, 3.8) is 0 Å².